The molecule has 3 aromatic rings. The number of fused-ring (bicyclic) bond motifs is 1. The largest absolute Gasteiger partial charge is 0.611 e. The van der Waals surface area contributed by atoms with Crippen molar-refractivity contribution >= 4 is 34.2 Å². The second-order valence-electron chi connectivity index (χ2n) is 5.81. The van der Waals surface area contributed by atoms with E-state index in [-0.39, 0.29) is 28.5 Å². The van der Waals surface area contributed by atoms with Crippen LogP contribution in [-0.2, 0) is 24.4 Å². The first-order valence-electron chi connectivity index (χ1n) is 8.31. The number of alkyl halides is 3. The minimum absolute atomic E-state index is 0.0375. The van der Waals surface area contributed by atoms with Gasteiger partial charge >= 0.3 is 12.2 Å². The topological polar surface area (TPSA) is 121 Å². The van der Waals surface area contributed by atoms with Crippen LogP contribution in [0, 0.1) is 0 Å². The average molecular weight is 427 g/mol. The number of urea groups is 1. The molecular weight excluding hydrogens is 411 g/mol. The molecule has 3 aromatic heterocycles. The fourth-order valence-electron chi connectivity index (χ4n) is 2.53. The van der Waals surface area contributed by atoms with Gasteiger partial charge in [0.2, 0.25) is 0 Å². The molecule has 154 valence electrons. The first kappa shape index (κ1) is 20.8. The number of carbonyl (C=O) groups excluding carboxylic acids is 1. The van der Waals surface area contributed by atoms with Crippen LogP contribution in [0.5, 0.6) is 0 Å². The summed E-state index contributed by atoms with van der Waals surface area (Å²) in [5.41, 5.74) is -0.944. The van der Waals surface area contributed by atoms with E-state index in [2.05, 4.69) is 30.8 Å². The SMILES string of the molecule is CC[S+]([O-])c1ccc(NC(=O)NC)nc1-c1nc2cc(C(F)(F)F)nnc2n1C. The number of amides is 2. The quantitative estimate of drug-likeness (QED) is 0.617. The molecule has 1 atom stereocenters. The van der Waals surface area contributed by atoms with Crippen LogP contribution >= 0.6 is 0 Å². The number of aryl methyl sites for hydroxylation is 1. The summed E-state index contributed by atoms with van der Waals surface area (Å²) in [5, 5.41) is 11.7. The third-order valence-corrected chi connectivity index (χ3v) is 5.30. The fraction of sp³-hybridized carbons (Fsp3) is 0.312. The normalized spacial score (nSPS) is 12.8. The third kappa shape index (κ3) is 4.10. The molecule has 1 unspecified atom stereocenters. The molecule has 0 aliphatic carbocycles. The van der Waals surface area contributed by atoms with E-state index >= 15 is 0 Å². The van der Waals surface area contributed by atoms with E-state index in [1.54, 1.807) is 6.92 Å². The molecule has 0 aromatic carbocycles. The predicted molar refractivity (Wildman–Crippen MR) is 99.6 cm³/mol. The molecule has 0 spiro atoms. The van der Waals surface area contributed by atoms with Crippen molar-refractivity contribution in [2.45, 2.75) is 18.0 Å². The van der Waals surface area contributed by atoms with Gasteiger partial charge in [-0.2, -0.15) is 13.2 Å². The van der Waals surface area contributed by atoms with Crippen molar-refractivity contribution in [3.63, 3.8) is 0 Å². The lowest BCUT2D eigenvalue weighted by molar-refractivity contribution is -0.141. The number of imidazole rings is 1. The molecule has 2 N–H and O–H groups in total. The minimum atomic E-state index is -4.66. The van der Waals surface area contributed by atoms with Crippen molar-refractivity contribution in [1.82, 2.24) is 30.0 Å². The van der Waals surface area contributed by atoms with Gasteiger partial charge in [0, 0.05) is 20.2 Å². The highest BCUT2D eigenvalue weighted by atomic mass is 32.2. The van der Waals surface area contributed by atoms with Crippen molar-refractivity contribution < 1.29 is 22.5 Å². The lowest BCUT2D eigenvalue weighted by Gasteiger charge is -2.13. The van der Waals surface area contributed by atoms with Gasteiger partial charge in [-0.25, -0.2) is 14.8 Å². The van der Waals surface area contributed by atoms with E-state index in [4.69, 9.17) is 0 Å². The van der Waals surface area contributed by atoms with Crippen LogP contribution in [0.3, 0.4) is 0 Å². The Morgan fingerprint density at radius 1 is 1.28 bits per heavy atom. The molecule has 0 aliphatic heterocycles. The molecule has 0 bridgehead atoms. The summed E-state index contributed by atoms with van der Waals surface area (Å²) in [6.45, 7) is 1.71. The standard InChI is InChI=1S/C16H16F3N7O2S/c1-4-29(28)9-5-6-11(23-15(27)20-2)22-12(9)14-21-8-7-10(16(17,18)19)24-25-13(8)26(14)3/h5-7H,4H2,1-3H3,(H2,20,22,23,27). The molecule has 0 fully saturated rings. The molecule has 0 aliphatic rings. The van der Waals surface area contributed by atoms with Gasteiger partial charge in [-0.05, 0) is 30.2 Å². The van der Waals surface area contributed by atoms with Crippen LogP contribution in [0.4, 0.5) is 23.8 Å². The van der Waals surface area contributed by atoms with Crippen molar-refractivity contribution in [2.75, 3.05) is 18.1 Å². The number of nitrogens with zero attached hydrogens (tertiary/aromatic N) is 5. The summed E-state index contributed by atoms with van der Waals surface area (Å²) in [6.07, 6.45) is -4.66. The summed E-state index contributed by atoms with van der Waals surface area (Å²) < 4.78 is 52.7. The van der Waals surface area contributed by atoms with Crippen molar-refractivity contribution in [3.8, 4) is 11.5 Å². The number of carbonyl (C=O) groups is 1. The second kappa shape index (κ2) is 7.83. The van der Waals surface area contributed by atoms with Crippen LogP contribution in [0.2, 0.25) is 0 Å². The number of pyridine rings is 1. The first-order valence-corrected chi connectivity index (χ1v) is 9.63. The van der Waals surface area contributed by atoms with Gasteiger partial charge in [0.15, 0.2) is 27.8 Å². The van der Waals surface area contributed by atoms with E-state index < -0.39 is 29.1 Å². The Balaban J connectivity index is 2.19. The Hall–Kier alpha value is -2.93. The van der Waals surface area contributed by atoms with E-state index in [0.29, 0.717) is 10.6 Å². The maximum absolute atomic E-state index is 12.9. The van der Waals surface area contributed by atoms with E-state index in [9.17, 15) is 22.5 Å². The zero-order valence-electron chi connectivity index (χ0n) is 15.5. The Kier molecular flexibility index (Phi) is 5.61. The van der Waals surface area contributed by atoms with Gasteiger partial charge in [-0.15, -0.1) is 10.2 Å². The van der Waals surface area contributed by atoms with Crippen LogP contribution < -0.4 is 10.6 Å². The maximum Gasteiger partial charge on any atom is 0.435 e. The average Bonchev–Trinajstić information content (AvgIpc) is 3.02. The molecule has 2 amide bonds. The summed E-state index contributed by atoms with van der Waals surface area (Å²) in [6, 6.07) is 3.28. The molecule has 29 heavy (non-hydrogen) atoms. The minimum Gasteiger partial charge on any atom is -0.611 e. The number of hydrogen-bond donors (Lipinski definition) is 2. The van der Waals surface area contributed by atoms with Crippen LogP contribution in [0.1, 0.15) is 12.6 Å². The summed E-state index contributed by atoms with van der Waals surface area (Å²) in [5.74, 6) is 0.593. The molecule has 0 radical (unpaired) electrons. The van der Waals surface area contributed by atoms with Crippen LogP contribution in [-0.4, -0.2) is 48.1 Å². The fourth-order valence-corrected chi connectivity index (χ4v) is 3.41. The van der Waals surface area contributed by atoms with Crippen molar-refractivity contribution in [1.29, 1.82) is 0 Å². The van der Waals surface area contributed by atoms with Gasteiger partial charge in [-0.3, -0.25) is 5.32 Å². The van der Waals surface area contributed by atoms with Crippen LogP contribution in [0.15, 0.2) is 23.1 Å². The van der Waals surface area contributed by atoms with Crippen molar-refractivity contribution in [2.24, 2.45) is 7.05 Å². The number of anilines is 1. The van der Waals surface area contributed by atoms with Crippen LogP contribution in [0.25, 0.3) is 22.7 Å². The molecule has 0 saturated carbocycles. The molecule has 0 saturated heterocycles. The zero-order chi connectivity index (χ0) is 21.3. The van der Waals surface area contributed by atoms with Gasteiger partial charge in [0.05, 0.1) is 0 Å². The van der Waals surface area contributed by atoms with E-state index in [1.165, 1.54) is 30.8 Å². The number of hydrogen-bond acceptors (Lipinski definition) is 6. The van der Waals surface area contributed by atoms with Gasteiger partial charge in [0.25, 0.3) is 0 Å². The second-order valence-corrected chi connectivity index (χ2v) is 7.52. The van der Waals surface area contributed by atoms with E-state index in [1.807, 2.05) is 0 Å². The summed E-state index contributed by atoms with van der Waals surface area (Å²) in [4.78, 5) is 20.4. The number of nitrogens with one attached hydrogen (secondary N) is 2. The van der Waals surface area contributed by atoms with Crippen molar-refractivity contribution in [3.05, 3.63) is 23.9 Å². The molecule has 3 heterocycles. The highest BCUT2D eigenvalue weighted by Gasteiger charge is 2.34. The highest BCUT2D eigenvalue weighted by molar-refractivity contribution is 7.91. The lowest BCUT2D eigenvalue weighted by Crippen LogP contribution is -2.25. The van der Waals surface area contributed by atoms with Gasteiger partial charge < -0.3 is 14.4 Å². The number of aromatic nitrogens is 5. The Bertz CT molecular complexity index is 1070. The van der Waals surface area contributed by atoms with E-state index in [0.717, 1.165) is 6.07 Å². The summed E-state index contributed by atoms with van der Waals surface area (Å²) in [7, 11) is 2.96. The Labute approximate surface area is 165 Å². The monoisotopic (exact) mass is 427 g/mol. The van der Waals surface area contributed by atoms with Gasteiger partial charge in [-0.1, -0.05) is 0 Å². The highest BCUT2D eigenvalue weighted by Crippen LogP contribution is 2.32. The molecular formula is C16H16F3N7O2S. The Morgan fingerprint density at radius 2 is 2.00 bits per heavy atom. The maximum atomic E-state index is 12.9. The molecule has 9 nitrogen and oxygen atoms in total. The third-order valence-electron chi connectivity index (χ3n) is 3.95. The number of rotatable bonds is 4. The number of halogens is 3. The van der Waals surface area contributed by atoms with Gasteiger partial charge in [0.1, 0.15) is 17.1 Å². The zero-order valence-corrected chi connectivity index (χ0v) is 16.4. The predicted octanol–water partition coefficient (Wildman–Crippen LogP) is 2.32. The molecule has 13 heteroatoms. The molecule has 3 rings (SSSR count). The smallest absolute Gasteiger partial charge is 0.435 e. The summed E-state index contributed by atoms with van der Waals surface area (Å²) >= 11 is -1.43. The Morgan fingerprint density at radius 3 is 2.62 bits per heavy atom. The lowest BCUT2D eigenvalue weighted by atomic mass is 10.3. The first-order chi connectivity index (χ1) is 13.7.